The summed E-state index contributed by atoms with van der Waals surface area (Å²) in [6.07, 6.45) is 2.01. The zero-order chi connectivity index (χ0) is 18.0. The van der Waals surface area contributed by atoms with Gasteiger partial charge in [-0.15, -0.1) is 0 Å². The van der Waals surface area contributed by atoms with Gasteiger partial charge < -0.3 is 10.2 Å². The van der Waals surface area contributed by atoms with E-state index in [9.17, 15) is 13.2 Å². The Morgan fingerprint density at radius 2 is 1.96 bits per heavy atom. The maximum absolute atomic E-state index is 12.6. The SMILES string of the molecule is CN(C(=O)c1cc(Nc2ccc(Cl)cc2)ccn1)C1CCS(=O)(=O)C1. The van der Waals surface area contributed by atoms with Crippen LogP contribution >= 0.6 is 11.6 Å². The van der Waals surface area contributed by atoms with Crippen LogP contribution in [0.3, 0.4) is 0 Å². The molecule has 6 nitrogen and oxygen atoms in total. The van der Waals surface area contributed by atoms with Crippen molar-refractivity contribution < 1.29 is 13.2 Å². The molecule has 132 valence electrons. The van der Waals surface area contributed by atoms with Crippen molar-refractivity contribution in [3.63, 3.8) is 0 Å². The number of amides is 1. The second kappa shape index (κ2) is 7.01. The molecule has 1 saturated heterocycles. The van der Waals surface area contributed by atoms with Crippen LogP contribution in [-0.4, -0.2) is 48.8 Å². The highest BCUT2D eigenvalue weighted by atomic mass is 35.5. The molecule has 0 spiro atoms. The monoisotopic (exact) mass is 379 g/mol. The van der Waals surface area contributed by atoms with Crippen LogP contribution in [0.15, 0.2) is 42.6 Å². The van der Waals surface area contributed by atoms with E-state index in [1.807, 2.05) is 12.1 Å². The lowest BCUT2D eigenvalue weighted by Crippen LogP contribution is -2.38. The fourth-order valence-corrected chi connectivity index (χ4v) is 4.65. The number of benzene rings is 1. The first-order valence-electron chi connectivity index (χ1n) is 7.80. The Morgan fingerprint density at radius 3 is 2.60 bits per heavy atom. The minimum absolute atomic E-state index is 0.0119. The van der Waals surface area contributed by atoms with Crippen molar-refractivity contribution in [1.29, 1.82) is 0 Å². The van der Waals surface area contributed by atoms with Crippen LogP contribution in [0.25, 0.3) is 0 Å². The van der Waals surface area contributed by atoms with Gasteiger partial charge in [0.25, 0.3) is 5.91 Å². The lowest BCUT2D eigenvalue weighted by atomic mass is 10.2. The van der Waals surface area contributed by atoms with Gasteiger partial charge in [0.15, 0.2) is 9.84 Å². The number of rotatable bonds is 4. The highest BCUT2D eigenvalue weighted by Gasteiger charge is 2.33. The summed E-state index contributed by atoms with van der Waals surface area (Å²) in [6, 6.07) is 10.3. The van der Waals surface area contributed by atoms with Gasteiger partial charge in [0.1, 0.15) is 5.69 Å². The maximum atomic E-state index is 12.6. The van der Waals surface area contributed by atoms with E-state index in [2.05, 4.69) is 10.3 Å². The molecule has 1 atom stereocenters. The number of hydrogen-bond donors (Lipinski definition) is 1. The van der Waals surface area contributed by atoms with Crippen molar-refractivity contribution in [1.82, 2.24) is 9.88 Å². The normalized spacial score (nSPS) is 18.7. The van der Waals surface area contributed by atoms with Crippen LogP contribution in [0.4, 0.5) is 11.4 Å². The molecule has 1 aliphatic heterocycles. The Bertz CT molecular complexity index is 884. The first kappa shape index (κ1) is 17.7. The molecule has 8 heteroatoms. The molecule has 0 bridgehead atoms. The zero-order valence-corrected chi connectivity index (χ0v) is 15.2. The highest BCUT2D eigenvalue weighted by molar-refractivity contribution is 7.91. The smallest absolute Gasteiger partial charge is 0.272 e. The third-order valence-corrected chi connectivity index (χ3v) is 6.19. The molecule has 1 aromatic carbocycles. The quantitative estimate of drug-likeness (QED) is 0.883. The summed E-state index contributed by atoms with van der Waals surface area (Å²) in [6.45, 7) is 0. The Labute approximate surface area is 151 Å². The van der Waals surface area contributed by atoms with Crippen LogP contribution in [-0.2, 0) is 9.84 Å². The van der Waals surface area contributed by atoms with Crippen molar-refractivity contribution in [2.75, 3.05) is 23.9 Å². The molecular formula is C17H18ClN3O3S. The molecule has 1 aromatic heterocycles. The number of hydrogen-bond acceptors (Lipinski definition) is 5. The van der Waals surface area contributed by atoms with Gasteiger partial charge in [-0.05, 0) is 42.8 Å². The highest BCUT2D eigenvalue weighted by Crippen LogP contribution is 2.21. The van der Waals surface area contributed by atoms with Gasteiger partial charge >= 0.3 is 0 Å². The maximum Gasteiger partial charge on any atom is 0.272 e. The second-order valence-electron chi connectivity index (χ2n) is 6.03. The summed E-state index contributed by atoms with van der Waals surface area (Å²) >= 11 is 5.87. The number of aromatic nitrogens is 1. The minimum atomic E-state index is -3.05. The number of pyridine rings is 1. The van der Waals surface area contributed by atoms with Crippen LogP contribution in [0.1, 0.15) is 16.9 Å². The molecule has 1 unspecified atom stereocenters. The van der Waals surface area contributed by atoms with Gasteiger partial charge in [0, 0.05) is 35.7 Å². The van der Waals surface area contributed by atoms with Gasteiger partial charge in [0.05, 0.1) is 11.5 Å². The van der Waals surface area contributed by atoms with Gasteiger partial charge in [-0.3, -0.25) is 9.78 Å². The van der Waals surface area contributed by atoms with Crippen molar-refractivity contribution >= 4 is 38.7 Å². The molecule has 1 fully saturated rings. The number of nitrogens with zero attached hydrogens (tertiary/aromatic N) is 2. The molecule has 1 N–H and O–H groups in total. The van der Waals surface area contributed by atoms with Gasteiger partial charge in [0.2, 0.25) is 0 Å². The summed E-state index contributed by atoms with van der Waals surface area (Å²) in [5, 5.41) is 3.83. The van der Waals surface area contributed by atoms with Crippen LogP contribution in [0, 0.1) is 0 Å². The van der Waals surface area contributed by atoms with E-state index in [-0.39, 0.29) is 29.1 Å². The minimum Gasteiger partial charge on any atom is -0.355 e. The van der Waals surface area contributed by atoms with Crippen LogP contribution in [0.5, 0.6) is 0 Å². The molecule has 0 aliphatic carbocycles. The number of carbonyl (C=O) groups excluding carboxylic acids is 1. The van der Waals surface area contributed by atoms with Crippen molar-refractivity contribution in [2.45, 2.75) is 12.5 Å². The number of halogens is 1. The van der Waals surface area contributed by atoms with E-state index in [1.165, 1.54) is 4.90 Å². The predicted octanol–water partition coefficient (Wildman–Crippen LogP) is 2.74. The van der Waals surface area contributed by atoms with E-state index in [0.717, 1.165) is 5.69 Å². The first-order chi connectivity index (χ1) is 11.8. The van der Waals surface area contributed by atoms with Crippen LogP contribution < -0.4 is 5.32 Å². The van der Waals surface area contributed by atoms with E-state index in [4.69, 9.17) is 11.6 Å². The zero-order valence-electron chi connectivity index (χ0n) is 13.6. The number of anilines is 2. The third-order valence-electron chi connectivity index (χ3n) is 4.19. The molecule has 0 saturated carbocycles. The Balaban J connectivity index is 1.74. The number of sulfone groups is 1. The molecule has 1 aliphatic rings. The molecule has 3 rings (SSSR count). The van der Waals surface area contributed by atoms with Crippen molar-refractivity contribution in [2.24, 2.45) is 0 Å². The Kier molecular flexibility index (Phi) is 4.96. The van der Waals surface area contributed by atoms with Gasteiger partial charge in [-0.2, -0.15) is 0 Å². The Morgan fingerprint density at radius 1 is 1.24 bits per heavy atom. The standard InChI is InChI=1S/C17H18ClN3O3S/c1-21(15-7-9-25(23,24)11-15)17(22)16-10-14(6-8-19-16)20-13-4-2-12(18)3-5-13/h2-6,8,10,15H,7,9,11H2,1H3,(H,19,20). The average Bonchev–Trinajstić information content (AvgIpc) is 2.96. The van der Waals surface area contributed by atoms with Gasteiger partial charge in [-0.1, -0.05) is 11.6 Å². The fraction of sp³-hybridized carbons (Fsp3) is 0.294. The van der Waals surface area contributed by atoms with Crippen LogP contribution in [0.2, 0.25) is 5.02 Å². The molecule has 2 heterocycles. The second-order valence-corrected chi connectivity index (χ2v) is 8.70. The first-order valence-corrected chi connectivity index (χ1v) is 10.0. The molecule has 25 heavy (non-hydrogen) atoms. The number of nitrogens with one attached hydrogen (secondary N) is 1. The third kappa shape index (κ3) is 4.29. The van der Waals surface area contributed by atoms with E-state index in [1.54, 1.807) is 37.5 Å². The predicted molar refractivity (Wildman–Crippen MR) is 98.1 cm³/mol. The van der Waals surface area contributed by atoms with E-state index in [0.29, 0.717) is 17.1 Å². The molecular weight excluding hydrogens is 362 g/mol. The molecule has 2 aromatic rings. The summed E-state index contributed by atoms with van der Waals surface area (Å²) in [4.78, 5) is 18.2. The van der Waals surface area contributed by atoms with Crippen molar-refractivity contribution in [3.05, 3.63) is 53.3 Å². The number of carbonyl (C=O) groups is 1. The summed E-state index contributed by atoms with van der Waals surface area (Å²) in [5.74, 6) is -0.152. The molecule has 0 radical (unpaired) electrons. The topological polar surface area (TPSA) is 79.4 Å². The Hall–Kier alpha value is -2.12. The summed E-state index contributed by atoms with van der Waals surface area (Å²) in [5.41, 5.74) is 1.82. The van der Waals surface area contributed by atoms with Gasteiger partial charge in [-0.25, -0.2) is 8.42 Å². The average molecular weight is 380 g/mol. The lowest BCUT2D eigenvalue weighted by molar-refractivity contribution is 0.0742. The summed E-state index contributed by atoms with van der Waals surface area (Å²) in [7, 11) is -1.43. The van der Waals surface area contributed by atoms with E-state index < -0.39 is 9.84 Å². The molecule has 1 amide bonds. The largest absolute Gasteiger partial charge is 0.355 e. The van der Waals surface area contributed by atoms with E-state index >= 15 is 0 Å². The lowest BCUT2D eigenvalue weighted by Gasteiger charge is -2.23. The fourth-order valence-electron chi connectivity index (χ4n) is 2.75. The summed E-state index contributed by atoms with van der Waals surface area (Å²) < 4.78 is 23.2. The van der Waals surface area contributed by atoms with Crippen molar-refractivity contribution in [3.8, 4) is 0 Å².